The van der Waals surface area contributed by atoms with E-state index in [1.54, 1.807) is 0 Å². The van der Waals surface area contributed by atoms with Crippen LogP contribution in [-0.4, -0.2) is 19.8 Å². The van der Waals surface area contributed by atoms with Gasteiger partial charge in [-0.05, 0) is 43.5 Å². The van der Waals surface area contributed by atoms with E-state index in [0.29, 0.717) is 12.0 Å². The van der Waals surface area contributed by atoms with Gasteiger partial charge in [0.1, 0.15) is 0 Å². The van der Waals surface area contributed by atoms with Crippen molar-refractivity contribution in [3.05, 3.63) is 33.3 Å². The first-order chi connectivity index (χ1) is 8.63. The fourth-order valence-corrected chi connectivity index (χ4v) is 2.98. The first kappa shape index (κ1) is 14.0. The molecule has 2 unspecified atom stereocenters. The third kappa shape index (κ3) is 2.95. The van der Waals surface area contributed by atoms with Gasteiger partial charge in [-0.2, -0.15) is 0 Å². The summed E-state index contributed by atoms with van der Waals surface area (Å²) < 4.78 is 6.77. The summed E-state index contributed by atoms with van der Waals surface area (Å²) in [6, 6.07) is 5.01. The van der Waals surface area contributed by atoms with Crippen molar-refractivity contribution < 1.29 is 4.74 Å². The number of nitrogens with one attached hydrogen (secondary N) is 1. The fraction of sp³-hybridized carbons (Fsp3) is 0.600. The average molecular weight is 312 g/mol. The van der Waals surface area contributed by atoms with Crippen molar-refractivity contribution in [2.45, 2.75) is 33.2 Å². The summed E-state index contributed by atoms with van der Waals surface area (Å²) in [6.45, 7) is 9.27. The van der Waals surface area contributed by atoms with E-state index in [1.165, 1.54) is 21.2 Å². The van der Waals surface area contributed by atoms with Crippen molar-refractivity contribution in [3.63, 3.8) is 0 Å². The minimum absolute atomic E-state index is 0.419. The normalized spacial score (nSPS) is 21.2. The predicted octanol–water partition coefficient (Wildman–Crippen LogP) is 3.75. The fourth-order valence-electron chi connectivity index (χ4n) is 2.75. The first-order valence-electron chi connectivity index (χ1n) is 6.71. The van der Waals surface area contributed by atoms with Crippen LogP contribution < -0.4 is 5.32 Å². The molecule has 0 aromatic heterocycles. The second-order valence-electron chi connectivity index (χ2n) is 5.13. The Morgan fingerprint density at radius 3 is 2.56 bits per heavy atom. The maximum atomic E-state index is 5.54. The van der Waals surface area contributed by atoms with Crippen molar-refractivity contribution in [1.29, 1.82) is 0 Å². The zero-order valence-corrected chi connectivity index (χ0v) is 13.0. The van der Waals surface area contributed by atoms with Gasteiger partial charge in [0, 0.05) is 23.0 Å². The largest absolute Gasteiger partial charge is 0.381 e. The summed E-state index contributed by atoms with van der Waals surface area (Å²) in [5.41, 5.74) is 4.02. The molecule has 1 saturated heterocycles. The van der Waals surface area contributed by atoms with Crippen LogP contribution in [0.1, 0.15) is 36.1 Å². The minimum Gasteiger partial charge on any atom is -0.381 e. The summed E-state index contributed by atoms with van der Waals surface area (Å²) in [6.07, 6.45) is 1.16. The number of aryl methyl sites for hydroxylation is 2. The van der Waals surface area contributed by atoms with Gasteiger partial charge in [-0.25, -0.2) is 0 Å². The third-order valence-electron chi connectivity index (χ3n) is 3.68. The Hall–Kier alpha value is -0.380. The van der Waals surface area contributed by atoms with Gasteiger partial charge in [-0.3, -0.25) is 0 Å². The van der Waals surface area contributed by atoms with Gasteiger partial charge in [-0.1, -0.05) is 35.0 Å². The van der Waals surface area contributed by atoms with E-state index in [2.05, 4.69) is 54.2 Å². The van der Waals surface area contributed by atoms with Crippen molar-refractivity contribution in [3.8, 4) is 0 Å². The second-order valence-corrected chi connectivity index (χ2v) is 5.92. The molecule has 2 nitrogen and oxygen atoms in total. The number of halogens is 1. The van der Waals surface area contributed by atoms with Gasteiger partial charge in [0.2, 0.25) is 0 Å². The molecule has 18 heavy (non-hydrogen) atoms. The lowest BCUT2D eigenvalue weighted by Gasteiger charge is -2.25. The molecule has 1 aromatic rings. The maximum Gasteiger partial charge on any atom is 0.0513 e. The van der Waals surface area contributed by atoms with Crippen LogP contribution in [0.2, 0.25) is 0 Å². The number of hydrogen-bond donors (Lipinski definition) is 1. The van der Waals surface area contributed by atoms with E-state index in [1.807, 2.05) is 0 Å². The van der Waals surface area contributed by atoms with E-state index in [9.17, 15) is 0 Å². The average Bonchev–Trinajstić information content (AvgIpc) is 2.86. The molecule has 0 amide bonds. The lowest BCUT2D eigenvalue weighted by atomic mass is 9.90. The van der Waals surface area contributed by atoms with Gasteiger partial charge in [0.15, 0.2) is 0 Å². The summed E-state index contributed by atoms with van der Waals surface area (Å²) in [5.74, 6) is 0.602. The van der Waals surface area contributed by atoms with Crippen molar-refractivity contribution >= 4 is 15.9 Å². The predicted molar refractivity (Wildman–Crippen MR) is 79.0 cm³/mol. The highest BCUT2D eigenvalue weighted by atomic mass is 79.9. The Morgan fingerprint density at radius 2 is 2.06 bits per heavy atom. The molecular formula is C15H22BrNO. The Bertz CT molecular complexity index is 390. The van der Waals surface area contributed by atoms with Crippen LogP contribution in [0.25, 0.3) is 0 Å². The lowest BCUT2D eigenvalue weighted by molar-refractivity contribution is 0.177. The Balaban J connectivity index is 2.29. The monoisotopic (exact) mass is 311 g/mol. The van der Waals surface area contributed by atoms with Crippen LogP contribution in [0.15, 0.2) is 16.6 Å². The second kappa shape index (κ2) is 6.18. The van der Waals surface area contributed by atoms with Crippen LogP contribution in [-0.2, 0) is 4.74 Å². The van der Waals surface area contributed by atoms with E-state index in [-0.39, 0.29) is 0 Å². The molecule has 0 saturated carbocycles. The summed E-state index contributed by atoms with van der Waals surface area (Å²) in [5, 5.41) is 3.62. The highest BCUT2D eigenvalue weighted by molar-refractivity contribution is 9.10. The molecule has 1 fully saturated rings. The molecule has 3 heteroatoms. The highest BCUT2D eigenvalue weighted by Crippen LogP contribution is 2.32. The highest BCUT2D eigenvalue weighted by Gasteiger charge is 2.26. The molecule has 0 bridgehead atoms. The van der Waals surface area contributed by atoms with Crippen LogP contribution in [0.5, 0.6) is 0 Å². The first-order valence-corrected chi connectivity index (χ1v) is 7.50. The SMILES string of the molecule is CCNC(c1cc(C)c(Br)c(C)c1)C1CCOC1. The molecule has 0 aliphatic carbocycles. The minimum atomic E-state index is 0.419. The number of benzene rings is 1. The van der Waals surface area contributed by atoms with Crippen molar-refractivity contribution in [2.24, 2.45) is 5.92 Å². The van der Waals surface area contributed by atoms with Crippen molar-refractivity contribution in [1.82, 2.24) is 5.32 Å². The molecule has 1 aliphatic rings. The van der Waals surface area contributed by atoms with Gasteiger partial charge in [0.25, 0.3) is 0 Å². The lowest BCUT2D eigenvalue weighted by Crippen LogP contribution is -2.28. The molecule has 1 heterocycles. The maximum absolute atomic E-state index is 5.54. The standard InChI is InChI=1S/C15H22BrNO/c1-4-17-15(12-5-6-18-9-12)13-7-10(2)14(16)11(3)8-13/h7-8,12,15,17H,4-6,9H2,1-3H3. The molecule has 1 aromatic carbocycles. The van der Waals surface area contributed by atoms with Crippen LogP contribution >= 0.6 is 15.9 Å². The number of ether oxygens (including phenoxy) is 1. The van der Waals surface area contributed by atoms with E-state index in [0.717, 1.165) is 26.2 Å². The Kier molecular flexibility index (Phi) is 4.82. The molecule has 2 atom stereocenters. The Labute approximate surface area is 118 Å². The molecule has 0 spiro atoms. The molecule has 2 rings (SSSR count). The third-order valence-corrected chi connectivity index (χ3v) is 4.93. The summed E-state index contributed by atoms with van der Waals surface area (Å²) in [7, 11) is 0. The molecular weight excluding hydrogens is 290 g/mol. The van der Waals surface area contributed by atoms with Gasteiger partial charge < -0.3 is 10.1 Å². The number of rotatable bonds is 4. The molecule has 1 aliphatic heterocycles. The van der Waals surface area contributed by atoms with E-state index >= 15 is 0 Å². The van der Waals surface area contributed by atoms with Gasteiger partial charge in [-0.15, -0.1) is 0 Å². The Morgan fingerprint density at radius 1 is 1.39 bits per heavy atom. The zero-order chi connectivity index (χ0) is 13.1. The van der Waals surface area contributed by atoms with Gasteiger partial charge >= 0.3 is 0 Å². The van der Waals surface area contributed by atoms with Crippen molar-refractivity contribution in [2.75, 3.05) is 19.8 Å². The quantitative estimate of drug-likeness (QED) is 0.914. The van der Waals surface area contributed by atoms with E-state index in [4.69, 9.17) is 4.74 Å². The topological polar surface area (TPSA) is 21.3 Å². The van der Waals surface area contributed by atoms with Crippen LogP contribution in [0.3, 0.4) is 0 Å². The smallest absolute Gasteiger partial charge is 0.0513 e. The summed E-state index contributed by atoms with van der Waals surface area (Å²) in [4.78, 5) is 0. The number of hydrogen-bond acceptors (Lipinski definition) is 2. The summed E-state index contributed by atoms with van der Waals surface area (Å²) >= 11 is 3.64. The van der Waals surface area contributed by atoms with Gasteiger partial charge in [0.05, 0.1) is 6.61 Å². The van der Waals surface area contributed by atoms with E-state index < -0.39 is 0 Å². The molecule has 0 radical (unpaired) electrons. The molecule has 100 valence electrons. The zero-order valence-electron chi connectivity index (χ0n) is 11.4. The van der Waals surface area contributed by atoms with Crippen LogP contribution in [0, 0.1) is 19.8 Å². The molecule has 1 N–H and O–H groups in total. The van der Waals surface area contributed by atoms with Crippen LogP contribution in [0.4, 0.5) is 0 Å².